The minimum Gasteiger partial charge on any atom is -0.467 e. The molecule has 1 rings (SSSR count). The number of benzene rings is 1. The van der Waals surface area contributed by atoms with Gasteiger partial charge < -0.3 is 10.1 Å². The van der Waals surface area contributed by atoms with E-state index in [4.69, 9.17) is 10.00 Å². The fourth-order valence-electron chi connectivity index (χ4n) is 1.91. The number of hydrogen-bond acceptors (Lipinski definition) is 4. The number of esters is 1. The summed E-state index contributed by atoms with van der Waals surface area (Å²) in [5.74, 6) is 0.117. The van der Waals surface area contributed by atoms with Gasteiger partial charge in [0, 0.05) is 5.69 Å². The molecule has 0 aliphatic heterocycles. The Morgan fingerprint density at radius 3 is 2.63 bits per heavy atom. The molecule has 0 heterocycles. The lowest BCUT2D eigenvalue weighted by atomic mass is 10.0. The summed E-state index contributed by atoms with van der Waals surface area (Å²) in [4.78, 5) is 11.7. The lowest BCUT2D eigenvalue weighted by Crippen LogP contribution is -2.32. The van der Waals surface area contributed by atoms with E-state index in [1.165, 1.54) is 7.11 Å². The molecule has 0 aliphatic rings. The summed E-state index contributed by atoms with van der Waals surface area (Å²) in [6.45, 7) is 5.99. The van der Waals surface area contributed by atoms with Gasteiger partial charge in [-0.2, -0.15) is 5.26 Å². The molecule has 0 aromatic heterocycles. The van der Waals surface area contributed by atoms with Gasteiger partial charge in [-0.15, -0.1) is 0 Å². The number of nitrogens with one attached hydrogen (secondary N) is 1. The summed E-state index contributed by atoms with van der Waals surface area (Å²) >= 11 is 0. The van der Waals surface area contributed by atoms with Gasteiger partial charge in [-0.1, -0.05) is 13.8 Å². The van der Waals surface area contributed by atoms with Crippen molar-refractivity contribution in [2.45, 2.75) is 33.2 Å². The first-order valence-electron chi connectivity index (χ1n) is 6.33. The van der Waals surface area contributed by atoms with Crippen LogP contribution in [0.3, 0.4) is 0 Å². The zero-order chi connectivity index (χ0) is 14.4. The van der Waals surface area contributed by atoms with Gasteiger partial charge in [-0.25, -0.2) is 4.79 Å². The summed E-state index contributed by atoms with van der Waals surface area (Å²) in [6, 6.07) is 7.19. The highest BCUT2D eigenvalue weighted by molar-refractivity contribution is 5.79. The third-order valence-corrected chi connectivity index (χ3v) is 2.88. The number of rotatable bonds is 5. The molecule has 0 aliphatic carbocycles. The molecular weight excluding hydrogens is 240 g/mol. The SMILES string of the molecule is COC(=O)C(CC(C)C)Nc1ccc(C#N)c(C)c1. The summed E-state index contributed by atoms with van der Waals surface area (Å²) in [5.41, 5.74) is 2.36. The third kappa shape index (κ3) is 4.29. The Morgan fingerprint density at radius 2 is 2.16 bits per heavy atom. The summed E-state index contributed by atoms with van der Waals surface area (Å²) < 4.78 is 4.81. The maximum absolute atomic E-state index is 11.7. The molecule has 4 heteroatoms. The van der Waals surface area contributed by atoms with E-state index in [0.717, 1.165) is 11.3 Å². The summed E-state index contributed by atoms with van der Waals surface area (Å²) in [7, 11) is 1.39. The van der Waals surface area contributed by atoms with Crippen molar-refractivity contribution in [3.8, 4) is 6.07 Å². The molecule has 1 N–H and O–H groups in total. The second-order valence-electron chi connectivity index (χ2n) is 4.99. The second-order valence-corrected chi connectivity index (χ2v) is 4.99. The Labute approximate surface area is 114 Å². The average Bonchev–Trinajstić information content (AvgIpc) is 2.36. The van der Waals surface area contributed by atoms with Crippen molar-refractivity contribution >= 4 is 11.7 Å². The van der Waals surface area contributed by atoms with Gasteiger partial charge in [-0.05, 0) is 43.0 Å². The van der Waals surface area contributed by atoms with Gasteiger partial charge in [0.1, 0.15) is 6.04 Å². The van der Waals surface area contributed by atoms with Crippen molar-refractivity contribution in [1.29, 1.82) is 5.26 Å². The number of methoxy groups -OCH3 is 1. The average molecular weight is 260 g/mol. The molecule has 102 valence electrons. The standard InChI is InChI=1S/C15H20N2O2/c1-10(2)7-14(15(18)19-4)17-13-6-5-12(9-16)11(3)8-13/h5-6,8,10,14,17H,7H2,1-4H3. The molecule has 0 radical (unpaired) electrons. The van der Waals surface area contributed by atoms with E-state index in [-0.39, 0.29) is 12.0 Å². The maximum atomic E-state index is 11.7. The first kappa shape index (κ1) is 15.0. The number of anilines is 1. The van der Waals surface area contributed by atoms with Crippen LogP contribution in [0.15, 0.2) is 18.2 Å². The van der Waals surface area contributed by atoms with Crippen LogP contribution in [-0.2, 0) is 9.53 Å². The molecule has 1 unspecified atom stereocenters. The van der Waals surface area contributed by atoms with Crippen LogP contribution in [0.2, 0.25) is 0 Å². The van der Waals surface area contributed by atoms with E-state index in [1.807, 2.05) is 19.1 Å². The number of nitrogens with zero attached hydrogens (tertiary/aromatic N) is 1. The Balaban J connectivity index is 2.87. The van der Waals surface area contributed by atoms with E-state index in [9.17, 15) is 4.79 Å². The Hall–Kier alpha value is -2.02. The quantitative estimate of drug-likeness (QED) is 0.827. The summed E-state index contributed by atoms with van der Waals surface area (Å²) in [6.07, 6.45) is 0.700. The van der Waals surface area contributed by atoms with E-state index in [2.05, 4.69) is 25.2 Å². The van der Waals surface area contributed by atoms with Crippen LogP contribution in [0.25, 0.3) is 0 Å². The van der Waals surface area contributed by atoms with E-state index in [0.29, 0.717) is 17.9 Å². The highest BCUT2D eigenvalue weighted by Gasteiger charge is 2.20. The Morgan fingerprint density at radius 1 is 1.47 bits per heavy atom. The molecule has 0 fully saturated rings. The Kier molecular flexibility index (Phi) is 5.37. The monoisotopic (exact) mass is 260 g/mol. The molecule has 1 atom stereocenters. The van der Waals surface area contributed by atoms with Crippen molar-refractivity contribution < 1.29 is 9.53 Å². The van der Waals surface area contributed by atoms with Crippen molar-refractivity contribution in [2.24, 2.45) is 5.92 Å². The van der Waals surface area contributed by atoms with Gasteiger partial charge in [0.15, 0.2) is 0 Å². The number of carbonyl (C=O) groups excluding carboxylic acids is 1. The van der Waals surface area contributed by atoms with Crippen LogP contribution >= 0.6 is 0 Å². The van der Waals surface area contributed by atoms with Gasteiger partial charge in [-0.3, -0.25) is 0 Å². The van der Waals surface area contributed by atoms with Crippen LogP contribution in [0.4, 0.5) is 5.69 Å². The maximum Gasteiger partial charge on any atom is 0.328 e. The number of nitriles is 1. The zero-order valence-electron chi connectivity index (χ0n) is 11.9. The third-order valence-electron chi connectivity index (χ3n) is 2.88. The first-order valence-corrected chi connectivity index (χ1v) is 6.33. The topological polar surface area (TPSA) is 62.1 Å². The fraction of sp³-hybridized carbons (Fsp3) is 0.467. The van der Waals surface area contributed by atoms with Crippen LogP contribution in [0.5, 0.6) is 0 Å². The second kappa shape index (κ2) is 6.79. The molecule has 1 aromatic rings. The van der Waals surface area contributed by atoms with E-state index >= 15 is 0 Å². The van der Waals surface area contributed by atoms with Crippen LogP contribution in [0.1, 0.15) is 31.4 Å². The fourth-order valence-corrected chi connectivity index (χ4v) is 1.91. The minimum absolute atomic E-state index is 0.268. The van der Waals surface area contributed by atoms with E-state index < -0.39 is 0 Å². The van der Waals surface area contributed by atoms with Crippen molar-refractivity contribution in [3.63, 3.8) is 0 Å². The molecule has 1 aromatic carbocycles. The molecular formula is C15H20N2O2. The molecule has 0 spiro atoms. The molecule has 4 nitrogen and oxygen atoms in total. The normalized spacial score (nSPS) is 11.8. The molecule has 19 heavy (non-hydrogen) atoms. The predicted molar refractivity (Wildman–Crippen MR) is 74.8 cm³/mol. The smallest absolute Gasteiger partial charge is 0.328 e. The lowest BCUT2D eigenvalue weighted by molar-refractivity contribution is -0.141. The molecule has 0 saturated heterocycles. The van der Waals surface area contributed by atoms with Gasteiger partial charge in [0.05, 0.1) is 18.7 Å². The molecule has 0 saturated carbocycles. The number of carbonyl (C=O) groups is 1. The molecule has 0 bridgehead atoms. The van der Waals surface area contributed by atoms with Crippen LogP contribution in [0, 0.1) is 24.2 Å². The highest BCUT2D eigenvalue weighted by atomic mass is 16.5. The van der Waals surface area contributed by atoms with Gasteiger partial charge >= 0.3 is 5.97 Å². The van der Waals surface area contributed by atoms with Crippen LogP contribution in [-0.4, -0.2) is 19.1 Å². The van der Waals surface area contributed by atoms with Crippen molar-refractivity contribution in [3.05, 3.63) is 29.3 Å². The number of ether oxygens (including phenoxy) is 1. The largest absolute Gasteiger partial charge is 0.467 e. The lowest BCUT2D eigenvalue weighted by Gasteiger charge is -2.19. The van der Waals surface area contributed by atoms with Crippen LogP contribution < -0.4 is 5.32 Å². The highest BCUT2D eigenvalue weighted by Crippen LogP contribution is 2.18. The number of hydrogen-bond donors (Lipinski definition) is 1. The first-order chi connectivity index (χ1) is 8.97. The van der Waals surface area contributed by atoms with E-state index in [1.54, 1.807) is 6.07 Å². The Bertz CT molecular complexity index is 489. The summed E-state index contributed by atoms with van der Waals surface area (Å²) in [5, 5.41) is 12.1. The van der Waals surface area contributed by atoms with Crippen molar-refractivity contribution in [2.75, 3.05) is 12.4 Å². The van der Waals surface area contributed by atoms with Crippen molar-refractivity contribution in [1.82, 2.24) is 0 Å². The zero-order valence-corrected chi connectivity index (χ0v) is 11.9. The van der Waals surface area contributed by atoms with Gasteiger partial charge in [0.25, 0.3) is 0 Å². The number of aryl methyl sites for hydroxylation is 1. The van der Waals surface area contributed by atoms with Gasteiger partial charge in [0.2, 0.25) is 0 Å². The predicted octanol–water partition coefficient (Wildman–Crippen LogP) is 2.87. The molecule has 0 amide bonds. The minimum atomic E-state index is -0.364.